The Bertz CT molecular complexity index is 494. The highest BCUT2D eigenvalue weighted by molar-refractivity contribution is 5.98. The van der Waals surface area contributed by atoms with Crippen LogP contribution >= 0.6 is 0 Å². The molecule has 1 heterocycles. The van der Waals surface area contributed by atoms with Crippen LogP contribution in [-0.4, -0.2) is 24.4 Å². The Kier molecular flexibility index (Phi) is 1.66. The molecule has 1 fully saturated rings. The lowest BCUT2D eigenvalue weighted by Gasteiger charge is -2.32. The van der Waals surface area contributed by atoms with Crippen molar-refractivity contribution >= 4 is 11.6 Å². The van der Waals surface area contributed by atoms with E-state index in [4.69, 9.17) is 5.73 Å². The minimum Gasteiger partial charge on any atom is -0.396 e. The average Bonchev–Trinajstić information content (AvgIpc) is 2.99. The number of hydrogen-bond acceptors (Lipinski definition) is 2. The number of likely N-dealkylation sites (N-methyl/N-ethyl adjacent to an activating group) is 1. The summed E-state index contributed by atoms with van der Waals surface area (Å²) in [5, 5.41) is 0. The Labute approximate surface area is 93.0 Å². The number of anilines is 1. The first-order chi connectivity index (χ1) is 7.53. The zero-order valence-corrected chi connectivity index (χ0v) is 9.09. The molecule has 0 saturated heterocycles. The zero-order chi connectivity index (χ0) is 11.5. The van der Waals surface area contributed by atoms with Crippen LogP contribution in [0.2, 0.25) is 0 Å². The van der Waals surface area contributed by atoms with E-state index in [1.807, 2.05) is 0 Å². The van der Waals surface area contributed by atoms with Crippen LogP contribution in [0.25, 0.3) is 0 Å². The van der Waals surface area contributed by atoms with Gasteiger partial charge in [0, 0.05) is 24.6 Å². The fourth-order valence-electron chi connectivity index (χ4n) is 2.60. The van der Waals surface area contributed by atoms with Crippen LogP contribution in [0.5, 0.6) is 0 Å². The van der Waals surface area contributed by atoms with Gasteiger partial charge in [-0.05, 0) is 30.5 Å². The van der Waals surface area contributed by atoms with Gasteiger partial charge in [0.1, 0.15) is 5.82 Å². The van der Waals surface area contributed by atoms with Crippen molar-refractivity contribution in [2.75, 3.05) is 19.3 Å². The van der Waals surface area contributed by atoms with Crippen molar-refractivity contribution in [2.45, 2.75) is 18.3 Å². The number of hydrogen-bond donors (Lipinski definition) is 1. The number of halogens is 1. The smallest absolute Gasteiger partial charge is 0.254 e. The largest absolute Gasteiger partial charge is 0.396 e. The first kappa shape index (κ1) is 9.63. The van der Waals surface area contributed by atoms with Crippen molar-refractivity contribution in [3.8, 4) is 0 Å². The third-order valence-corrected chi connectivity index (χ3v) is 3.68. The highest BCUT2D eigenvalue weighted by Crippen LogP contribution is 2.52. The van der Waals surface area contributed by atoms with Gasteiger partial charge in [-0.2, -0.15) is 0 Å². The van der Waals surface area contributed by atoms with E-state index in [0.717, 1.165) is 18.4 Å². The van der Waals surface area contributed by atoms with Gasteiger partial charge in [-0.15, -0.1) is 0 Å². The lowest BCUT2D eigenvalue weighted by Crippen LogP contribution is -2.40. The molecule has 2 N–H and O–H groups in total. The molecule has 0 radical (unpaired) electrons. The number of carbonyl (C=O) groups is 1. The minimum atomic E-state index is -0.414. The van der Waals surface area contributed by atoms with E-state index in [0.29, 0.717) is 12.1 Å². The van der Waals surface area contributed by atoms with E-state index in [-0.39, 0.29) is 17.0 Å². The van der Waals surface area contributed by atoms with E-state index >= 15 is 0 Å². The fraction of sp³-hybridized carbons (Fsp3) is 0.417. The topological polar surface area (TPSA) is 46.3 Å². The van der Waals surface area contributed by atoms with E-state index in [1.165, 1.54) is 12.1 Å². The predicted molar refractivity (Wildman–Crippen MR) is 58.7 cm³/mol. The van der Waals surface area contributed by atoms with Crippen molar-refractivity contribution in [3.63, 3.8) is 0 Å². The third kappa shape index (κ3) is 1.10. The SMILES string of the molecule is CN1CC2(CC2)c2cc(F)c(N)cc2C1=O. The molecule has 1 saturated carbocycles. The fourth-order valence-corrected chi connectivity index (χ4v) is 2.60. The molecular formula is C12H13FN2O. The van der Waals surface area contributed by atoms with Gasteiger partial charge in [-0.3, -0.25) is 4.79 Å². The van der Waals surface area contributed by atoms with Gasteiger partial charge in [0.2, 0.25) is 0 Å². The quantitative estimate of drug-likeness (QED) is 0.674. The number of carbonyl (C=O) groups excluding carboxylic acids is 1. The molecule has 2 aliphatic rings. The average molecular weight is 220 g/mol. The number of rotatable bonds is 0. The molecule has 1 spiro atoms. The number of nitrogens with zero attached hydrogens (tertiary/aromatic N) is 1. The first-order valence-electron chi connectivity index (χ1n) is 5.38. The molecule has 0 aromatic heterocycles. The molecule has 84 valence electrons. The number of amides is 1. The molecule has 1 aliphatic carbocycles. The summed E-state index contributed by atoms with van der Waals surface area (Å²) in [7, 11) is 1.78. The Morgan fingerprint density at radius 1 is 1.44 bits per heavy atom. The summed E-state index contributed by atoms with van der Waals surface area (Å²) in [5.74, 6) is -0.471. The Morgan fingerprint density at radius 3 is 2.75 bits per heavy atom. The summed E-state index contributed by atoms with van der Waals surface area (Å²) in [4.78, 5) is 13.6. The Morgan fingerprint density at radius 2 is 2.12 bits per heavy atom. The van der Waals surface area contributed by atoms with Gasteiger partial charge in [0.05, 0.1) is 5.69 Å². The van der Waals surface area contributed by atoms with Crippen molar-refractivity contribution in [3.05, 3.63) is 29.1 Å². The highest BCUT2D eigenvalue weighted by atomic mass is 19.1. The van der Waals surface area contributed by atoms with Crippen LogP contribution in [0, 0.1) is 5.82 Å². The number of benzene rings is 1. The molecule has 0 atom stereocenters. The molecule has 1 aromatic rings. The van der Waals surface area contributed by atoms with Gasteiger partial charge in [-0.1, -0.05) is 0 Å². The van der Waals surface area contributed by atoms with Crippen LogP contribution in [0.15, 0.2) is 12.1 Å². The molecule has 3 nitrogen and oxygen atoms in total. The van der Waals surface area contributed by atoms with Crippen molar-refractivity contribution in [1.29, 1.82) is 0 Å². The summed E-state index contributed by atoms with van der Waals surface area (Å²) in [6, 6.07) is 2.92. The first-order valence-corrected chi connectivity index (χ1v) is 5.38. The van der Waals surface area contributed by atoms with Crippen molar-refractivity contribution < 1.29 is 9.18 Å². The Balaban J connectivity index is 2.24. The lowest BCUT2D eigenvalue weighted by atomic mass is 9.86. The maximum absolute atomic E-state index is 13.5. The van der Waals surface area contributed by atoms with Crippen LogP contribution in [0.1, 0.15) is 28.8 Å². The molecule has 16 heavy (non-hydrogen) atoms. The van der Waals surface area contributed by atoms with Crippen LogP contribution in [-0.2, 0) is 5.41 Å². The molecule has 4 heteroatoms. The maximum atomic E-state index is 13.5. The summed E-state index contributed by atoms with van der Waals surface area (Å²) in [6.45, 7) is 0.697. The normalized spacial score (nSPS) is 21.1. The van der Waals surface area contributed by atoms with E-state index < -0.39 is 5.82 Å². The molecule has 3 rings (SSSR count). The van der Waals surface area contributed by atoms with Crippen molar-refractivity contribution in [1.82, 2.24) is 4.90 Å². The standard InChI is InChI=1S/C12H13FN2O/c1-15-6-12(2-3-12)8-5-9(13)10(14)4-7(8)11(15)16/h4-5H,2-3,6,14H2,1H3. The third-order valence-electron chi connectivity index (χ3n) is 3.68. The molecule has 1 aliphatic heterocycles. The van der Waals surface area contributed by atoms with Crippen LogP contribution in [0.4, 0.5) is 10.1 Å². The second kappa shape index (κ2) is 2.75. The van der Waals surface area contributed by atoms with Crippen molar-refractivity contribution in [2.24, 2.45) is 0 Å². The summed E-state index contributed by atoms with van der Waals surface area (Å²) >= 11 is 0. The zero-order valence-electron chi connectivity index (χ0n) is 9.09. The molecule has 1 aromatic carbocycles. The monoisotopic (exact) mass is 220 g/mol. The summed E-state index contributed by atoms with van der Waals surface area (Å²) < 4.78 is 13.5. The highest BCUT2D eigenvalue weighted by Gasteiger charge is 2.50. The summed E-state index contributed by atoms with van der Waals surface area (Å²) in [6.07, 6.45) is 2.06. The van der Waals surface area contributed by atoms with E-state index in [1.54, 1.807) is 11.9 Å². The van der Waals surface area contributed by atoms with E-state index in [2.05, 4.69) is 0 Å². The number of nitrogen functional groups attached to an aromatic ring is 1. The van der Waals surface area contributed by atoms with Gasteiger partial charge in [0.25, 0.3) is 5.91 Å². The molecular weight excluding hydrogens is 207 g/mol. The van der Waals surface area contributed by atoms with Gasteiger partial charge in [-0.25, -0.2) is 4.39 Å². The van der Waals surface area contributed by atoms with Crippen LogP contribution in [0.3, 0.4) is 0 Å². The van der Waals surface area contributed by atoms with Crippen LogP contribution < -0.4 is 5.73 Å². The Hall–Kier alpha value is -1.58. The predicted octanol–water partition coefficient (Wildman–Crippen LogP) is 1.53. The molecule has 0 unspecified atom stereocenters. The van der Waals surface area contributed by atoms with Gasteiger partial charge >= 0.3 is 0 Å². The number of fused-ring (bicyclic) bond motifs is 2. The maximum Gasteiger partial charge on any atom is 0.254 e. The molecule has 1 amide bonds. The molecule has 0 bridgehead atoms. The number of nitrogens with two attached hydrogens (primary N) is 1. The second-order valence-electron chi connectivity index (χ2n) is 4.86. The summed E-state index contributed by atoms with van der Waals surface area (Å²) in [5.41, 5.74) is 7.00. The lowest BCUT2D eigenvalue weighted by molar-refractivity contribution is 0.0758. The van der Waals surface area contributed by atoms with Gasteiger partial charge < -0.3 is 10.6 Å². The minimum absolute atomic E-state index is 0.00648. The van der Waals surface area contributed by atoms with E-state index in [9.17, 15) is 9.18 Å². The van der Waals surface area contributed by atoms with Gasteiger partial charge in [0.15, 0.2) is 0 Å². The second-order valence-corrected chi connectivity index (χ2v) is 4.86.